The number of nitrogens with one attached hydrogen (secondary N) is 1. The third kappa shape index (κ3) is 3.53. The van der Waals surface area contributed by atoms with Gasteiger partial charge in [-0.2, -0.15) is 0 Å². The molecule has 0 aliphatic rings. The fourth-order valence-corrected chi connectivity index (χ4v) is 1.96. The Morgan fingerprint density at radius 1 is 1.21 bits per heavy atom. The fourth-order valence-electron chi connectivity index (χ4n) is 1.96. The molecule has 4 heteroatoms. The van der Waals surface area contributed by atoms with Crippen molar-refractivity contribution in [1.29, 1.82) is 0 Å². The van der Waals surface area contributed by atoms with Crippen molar-refractivity contribution in [3.8, 4) is 5.88 Å². The minimum Gasteiger partial charge on any atom is -0.481 e. The van der Waals surface area contributed by atoms with E-state index in [1.807, 2.05) is 18.3 Å². The van der Waals surface area contributed by atoms with Gasteiger partial charge in [0.15, 0.2) is 0 Å². The second-order valence-electron chi connectivity index (χ2n) is 4.54. The van der Waals surface area contributed by atoms with Gasteiger partial charge >= 0.3 is 0 Å². The van der Waals surface area contributed by atoms with E-state index in [0.717, 1.165) is 12.0 Å². The molecule has 0 amide bonds. The molecule has 0 radical (unpaired) electrons. The Balaban J connectivity index is 2.11. The molecule has 0 saturated carbocycles. The van der Waals surface area contributed by atoms with Crippen molar-refractivity contribution in [2.75, 3.05) is 7.11 Å². The largest absolute Gasteiger partial charge is 0.481 e. The topological polar surface area (TPSA) is 60.2 Å². The molecule has 0 spiro atoms. The van der Waals surface area contributed by atoms with Gasteiger partial charge in [-0.1, -0.05) is 35.9 Å². The predicted octanol–water partition coefficient (Wildman–Crippen LogP) is 2.15. The van der Waals surface area contributed by atoms with Crippen molar-refractivity contribution in [2.24, 2.45) is 5.84 Å². The lowest BCUT2D eigenvalue weighted by molar-refractivity contribution is 0.397. The summed E-state index contributed by atoms with van der Waals surface area (Å²) in [5.74, 6) is 6.27. The Labute approximate surface area is 113 Å². The number of hydrogen-bond acceptors (Lipinski definition) is 4. The molecular formula is C15H19N3O. The lowest BCUT2D eigenvalue weighted by Crippen LogP contribution is -2.29. The van der Waals surface area contributed by atoms with E-state index in [1.54, 1.807) is 7.11 Å². The van der Waals surface area contributed by atoms with Gasteiger partial charge in [0.25, 0.3) is 0 Å². The smallest absolute Gasteiger partial charge is 0.212 e. The van der Waals surface area contributed by atoms with Crippen molar-refractivity contribution in [3.05, 3.63) is 59.3 Å². The minimum absolute atomic E-state index is 0.0794. The summed E-state index contributed by atoms with van der Waals surface area (Å²) in [6.07, 6.45) is 2.61. The normalized spacial score (nSPS) is 12.2. The molecule has 1 aromatic heterocycles. The second-order valence-corrected chi connectivity index (χ2v) is 4.54. The Morgan fingerprint density at radius 3 is 2.47 bits per heavy atom. The van der Waals surface area contributed by atoms with Crippen LogP contribution in [0.3, 0.4) is 0 Å². The predicted molar refractivity (Wildman–Crippen MR) is 75.7 cm³/mol. The summed E-state index contributed by atoms with van der Waals surface area (Å²) in [5, 5.41) is 0. The first-order valence-electron chi connectivity index (χ1n) is 6.24. The summed E-state index contributed by atoms with van der Waals surface area (Å²) in [7, 11) is 1.61. The van der Waals surface area contributed by atoms with Crippen LogP contribution in [0.4, 0.5) is 0 Å². The number of pyridine rings is 1. The van der Waals surface area contributed by atoms with Gasteiger partial charge in [-0.25, -0.2) is 4.98 Å². The molecule has 3 N–H and O–H groups in total. The number of benzene rings is 1. The van der Waals surface area contributed by atoms with E-state index in [1.165, 1.54) is 11.1 Å². The Morgan fingerprint density at radius 2 is 1.95 bits per heavy atom. The molecule has 1 atom stereocenters. The van der Waals surface area contributed by atoms with Gasteiger partial charge in [0.2, 0.25) is 5.88 Å². The summed E-state index contributed by atoms with van der Waals surface area (Å²) < 4.78 is 5.05. The van der Waals surface area contributed by atoms with Crippen molar-refractivity contribution in [2.45, 2.75) is 19.4 Å². The summed E-state index contributed by atoms with van der Waals surface area (Å²) in [5.41, 5.74) is 6.38. The maximum atomic E-state index is 5.65. The number of ether oxygens (including phenoxy) is 1. The van der Waals surface area contributed by atoms with E-state index in [0.29, 0.717) is 5.88 Å². The van der Waals surface area contributed by atoms with Crippen LogP contribution in [0, 0.1) is 6.92 Å². The van der Waals surface area contributed by atoms with Crippen LogP contribution in [-0.2, 0) is 6.42 Å². The number of methoxy groups -OCH3 is 1. The number of nitrogens with zero attached hydrogens (tertiary/aromatic N) is 1. The Kier molecular flexibility index (Phi) is 4.49. The van der Waals surface area contributed by atoms with Gasteiger partial charge in [-0.05, 0) is 24.5 Å². The number of nitrogens with two attached hydrogens (primary N) is 1. The van der Waals surface area contributed by atoms with Crippen LogP contribution >= 0.6 is 0 Å². The highest BCUT2D eigenvalue weighted by molar-refractivity contribution is 5.26. The molecule has 4 nitrogen and oxygen atoms in total. The first-order valence-corrected chi connectivity index (χ1v) is 6.24. The van der Waals surface area contributed by atoms with E-state index >= 15 is 0 Å². The molecule has 0 bridgehead atoms. The van der Waals surface area contributed by atoms with Gasteiger partial charge in [-0.15, -0.1) is 0 Å². The van der Waals surface area contributed by atoms with Crippen LogP contribution in [0.2, 0.25) is 0 Å². The van der Waals surface area contributed by atoms with Crippen LogP contribution < -0.4 is 16.0 Å². The van der Waals surface area contributed by atoms with E-state index in [-0.39, 0.29) is 6.04 Å². The lowest BCUT2D eigenvalue weighted by Gasteiger charge is -2.16. The summed E-state index contributed by atoms with van der Waals surface area (Å²) in [4.78, 5) is 4.20. The van der Waals surface area contributed by atoms with E-state index in [4.69, 9.17) is 10.6 Å². The van der Waals surface area contributed by atoms with Gasteiger partial charge in [-0.3, -0.25) is 11.3 Å². The molecule has 100 valence electrons. The number of hydrazine groups is 1. The maximum absolute atomic E-state index is 5.65. The molecule has 2 aromatic rings. The monoisotopic (exact) mass is 257 g/mol. The standard InChI is InChI=1S/C15H19N3O/c1-11-3-6-13(7-4-11)14(18-16)9-12-5-8-15(19-2)17-10-12/h3-8,10,14,18H,9,16H2,1-2H3. The quantitative estimate of drug-likeness (QED) is 0.636. The fraction of sp³-hybridized carbons (Fsp3) is 0.267. The molecule has 19 heavy (non-hydrogen) atoms. The van der Waals surface area contributed by atoms with E-state index in [2.05, 4.69) is 41.6 Å². The van der Waals surface area contributed by atoms with Crippen molar-refractivity contribution >= 4 is 0 Å². The number of rotatable bonds is 5. The van der Waals surface area contributed by atoms with Gasteiger partial charge < -0.3 is 4.74 Å². The highest BCUT2D eigenvalue weighted by atomic mass is 16.5. The Bertz CT molecular complexity index is 508. The number of aromatic nitrogens is 1. The molecule has 0 aliphatic heterocycles. The molecule has 2 rings (SSSR count). The molecule has 0 aliphatic carbocycles. The summed E-state index contributed by atoms with van der Waals surface area (Å²) in [6.45, 7) is 2.07. The van der Waals surface area contributed by atoms with Gasteiger partial charge in [0.1, 0.15) is 0 Å². The first kappa shape index (κ1) is 13.5. The van der Waals surface area contributed by atoms with Crippen molar-refractivity contribution < 1.29 is 4.74 Å². The van der Waals surface area contributed by atoms with Crippen molar-refractivity contribution in [1.82, 2.24) is 10.4 Å². The van der Waals surface area contributed by atoms with E-state index < -0.39 is 0 Å². The minimum atomic E-state index is 0.0794. The van der Waals surface area contributed by atoms with Crippen LogP contribution in [0.15, 0.2) is 42.6 Å². The SMILES string of the molecule is COc1ccc(CC(NN)c2ccc(C)cc2)cn1. The van der Waals surface area contributed by atoms with Gasteiger partial charge in [0, 0.05) is 12.3 Å². The average Bonchev–Trinajstić information content (AvgIpc) is 2.46. The average molecular weight is 257 g/mol. The molecule has 1 heterocycles. The molecule has 0 fully saturated rings. The first-order chi connectivity index (χ1) is 9.22. The van der Waals surface area contributed by atoms with Crippen LogP contribution in [-0.4, -0.2) is 12.1 Å². The molecular weight excluding hydrogens is 238 g/mol. The third-order valence-corrected chi connectivity index (χ3v) is 3.13. The zero-order valence-electron chi connectivity index (χ0n) is 11.3. The van der Waals surface area contributed by atoms with Crippen LogP contribution in [0.5, 0.6) is 5.88 Å². The molecule has 0 saturated heterocycles. The zero-order valence-corrected chi connectivity index (χ0v) is 11.3. The van der Waals surface area contributed by atoms with Crippen molar-refractivity contribution in [3.63, 3.8) is 0 Å². The van der Waals surface area contributed by atoms with Crippen LogP contribution in [0.1, 0.15) is 22.7 Å². The van der Waals surface area contributed by atoms with E-state index in [9.17, 15) is 0 Å². The molecule has 1 aromatic carbocycles. The number of hydrogen-bond donors (Lipinski definition) is 2. The number of aryl methyl sites for hydroxylation is 1. The van der Waals surface area contributed by atoms with Crippen LogP contribution in [0.25, 0.3) is 0 Å². The second kappa shape index (κ2) is 6.31. The van der Waals surface area contributed by atoms with Gasteiger partial charge in [0.05, 0.1) is 13.2 Å². The lowest BCUT2D eigenvalue weighted by atomic mass is 9.99. The zero-order chi connectivity index (χ0) is 13.7. The third-order valence-electron chi connectivity index (χ3n) is 3.13. The molecule has 1 unspecified atom stereocenters. The highest BCUT2D eigenvalue weighted by Crippen LogP contribution is 2.19. The highest BCUT2D eigenvalue weighted by Gasteiger charge is 2.10. The summed E-state index contributed by atoms with van der Waals surface area (Å²) in [6, 6.07) is 12.3. The Hall–Kier alpha value is -1.91. The maximum Gasteiger partial charge on any atom is 0.212 e. The summed E-state index contributed by atoms with van der Waals surface area (Å²) >= 11 is 0.